The summed E-state index contributed by atoms with van der Waals surface area (Å²) >= 11 is 0. The summed E-state index contributed by atoms with van der Waals surface area (Å²) in [7, 11) is 0. The molecule has 15 heavy (non-hydrogen) atoms. The fraction of sp³-hybridized carbons (Fsp3) is 0.545. The highest BCUT2D eigenvalue weighted by molar-refractivity contribution is 5.66. The molecule has 1 atom stereocenters. The second-order valence-electron chi connectivity index (χ2n) is 3.62. The molecule has 4 heteroatoms. The van der Waals surface area contributed by atoms with Crippen molar-refractivity contribution in [3.05, 3.63) is 23.7 Å². The zero-order chi connectivity index (χ0) is 11.3. The van der Waals surface area contributed by atoms with Gasteiger partial charge in [0.05, 0.1) is 6.04 Å². The van der Waals surface area contributed by atoms with E-state index < -0.39 is 5.97 Å². The van der Waals surface area contributed by atoms with Crippen molar-refractivity contribution in [1.82, 2.24) is 5.32 Å². The van der Waals surface area contributed by atoms with Crippen LogP contribution in [0.25, 0.3) is 0 Å². The fourth-order valence-corrected chi connectivity index (χ4v) is 1.34. The summed E-state index contributed by atoms with van der Waals surface area (Å²) in [5.74, 6) is 1.03. The monoisotopic (exact) mass is 211 g/mol. The maximum atomic E-state index is 10.3. The van der Waals surface area contributed by atoms with Crippen LogP contribution in [0, 0.1) is 6.92 Å². The van der Waals surface area contributed by atoms with Crippen molar-refractivity contribution in [2.24, 2.45) is 0 Å². The Morgan fingerprint density at radius 3 is 2.87 bits per heavy atom. The van der Waals surface area contributed by atoms with Gasteiger partial charge in [0, 0.05) is 6.42 Å². The van der Waals surface area contributed by atoms with Crippen molar-refractivity contribution < 1.29 is 14.3 Å². The van der Waals surface area contributed by atoms with Crippen molar-refractivity contribution in [3.8, 4) is 0 Å². The van der Waals surface area contributed by atoms with Gasteiger partial charge < -0.3 is 14.8 Å². The van der Waals surface area contributed by atoms with Gasteiger partial charge in [0.15, 0.2) is 0 Å². The van der Waals surface area contributed by atoms with Crippen LogP contribution in [0.3, 0.4) is 0 Å². The highest BCUT2D eigenvalue weighted by atomic mass is 16.4. The molecule has 0 radical (unpaired) electrons. The third-order valence-electron chi connectivity index (χ3n) is 2.21. The molecule has 0 aliphatic rings. The molecule has 1 aromatic heterocycles. The Balaban J connectivity index is 2.24. The molecule has 1 rings (SSSR count). The summed E-state index contributed by atoms with van der Waals surface area (Å²) < 4.78 is 5.44. The van der Waals surface area contributed by atoms with Crippen molar-refractivity contribution in [3.63, 3.8) is 0 Å². The van der Waals surface area contributed by atoms with Crippen LogP contribution < -0.4 is 5.32 Å². The molecule has 1 unspecified atom stereocenters. The molecule has 2 N–H and O–H groups in total. The van der Waals surface area contributed by atoms with Gasteiger partial charge in [-0.3, -0.25) is 4.79 Å². The zero-order valence-corrected chi connectivity index (χ0v) is 9.12. The largest absolute Gasteiger partial charge is 0.481 e. The van der Waals surface area contributed by atoms with Crippen molar-refractivity contribution >= 4 is 5.97 Å². The topological polar surface area (TPSA) is 62.5 Å². The van der Waals surface area contributed by atoms with E-state index in [0.29, 0.717) is 13.0 Å². The van der Waals surface area contributed by atoms with Crippen LogP contribution in [0.1, 0.15) is 37.3 Å². The number of aliphatic carboxylic acids is 1. The van der Waals surface area contributed by atoms with E-state index in [0.717, 1.165) is 11.5 Å². The summed E-state index contributed by atoms with van der Waals surface area (Å²) in [6, 6.07) is 3.99. The quantitative estimate of drug-likeness (QED) is 0.707. The third-order valence-corrected chi connectivity index (χ3v) is 2.21. The van der Waals surface area contributed by atoms with E-state index >= 15 is 0 Å². The summed E-state index contributed by atoms with van der Waals surface area (Å²) in [5.41, 5.74) is 0. The van der Waals surface area contributed by atoms with Crippen molar-refractivity contribution in [1.29, 1.82) is 0 Å². The Bertz CT molecular complexity index is 319. The summed E-state index contributed by atoms with van der Waals surface area (Å²) in [5, 5.41) is 11.7. The lowest BCUT2D eigenvalue weighted by molar-refractivity contribution is -0.137. The molecular formula is C11H17NO3. The van der Waals surface area contributed by atoms with Crippen LogP contribution >= 0.6 is 0 Å². The molecule has 0 aromatic carbocycles. The van der Waals surface area contributed by atoms with E-state index in [1.54, 1.807) is 0 Å². The fourth-order valence-electron chi connectivity index (χ4n) is 1.34. The van der Waals surface area contributed by atoms with Gasteiger partial charge in [-0.05, 0) is 38.9 Å². The number of rotatable bonds is 6. The number of carboxylic acids is 1. The van der Waals surface area contributed by atoms with Crippen LogP contribution in [-0.2, 0) is 4.79 Å². The lowest BCUT2D eigenvalue weighted by Gasteiger charge is -2.10. The van der Waals surface area contributed by atoms with E-state index in [1.807, 2.05) is 26.0 Å². The number of carboxylic acid groups (broad SMARTS) is 1. The number of aryl methyl sites for hydroxylation is 1. The van der Waals surface area contributed by atoms with Gasteiger partial charge in [-0.1, -0.05) is 0 Å². The number of nitrogens with one attached hydrogen (secondary N) is 1. The molecule has 0 amide bonds. The van der Waals surface area contributed by atoms with Gasteiger partial charge in [-0.15, -0.1) is 0 Å². The highest BCUT2D eigenvalue weighted by Crippen LogP contribution is 2.15. The average Bonchev–Trinajstić information content (AvgIpc) is 2.59. The first kappa shape index (κ1) is 11.8. The second kappa shape index (κ2) is 5.56. The van der Waals surface area contributed by atoms with Gasteiger partial charge in [-0.2, -0.15) is 0 Å². The first-order valence-electron chi connectivity index (χ1n) is 5.11. The third kappa shape index (κ3) is 4.16. The smallest absolute Gasteiger partial charge is 0.303 e. The van der Waals surface area contributed by atoms with E-state index in [9.17, 15) is 4.79 Å². The molecule has 0 bridgehead atoms. The lowest BCUT2D eigenvalue weighted by Crippen LogP contribution is -2.20. The predicted molar refractivity (Wildman–Crippen MR) is 56.7 cm³/mol. The van der Waals surface area contributed by atoms with Gasteiger partial charge in [0.2, 0.25) is 0 Å². The Kier molecular flexibility index (Phi) is 4.37. The van der Waals surface area contributed by atoms with Gasteiger partial charge >= 0.3 is 5.97 Å². The number of hydrogen-bond donors (Lipinski definition) is 2. The average molecular weight is 211 g/mol. The minimum Gasteiger partial charge on any atom is -0.481 e. The lowest BCUT2D eigenvalue weighted by atomic mass is 10.2. The SMILES string of the molecule is Cc1ccc(C(C)NCCCC(=O)O)o1. The molecule has 0 aliphatic carbocycles. The first-order valence-corrected chi connectivity index (χ1v) is 5.11. The Labute approximate surface area is 89.3 Å². The Morgan fingerprint density at radius 1 is 1.60 bits per heavy atom. The molecule has 0 spiro atoms. The minimum atomic E-state index is -0.752. The second-order valence-corrected chi connectivity index (χ2v) is 3.62. The zero-order valence-electron chi connectivity index (χ0n) is 9.12. The summed E-state index contributed by atoms with van der Waals surface area (Å²) in [4.78, 5) is 10.3. The van der Waals surface area contributed by atoms with Crippen LogP contribution in [0.15, 0.2) is 16.5 Å². The van der Waals surface area contributed by atoms with E-state index in [4.69, 9.17) is 9.52 Å². The van der Waals surface area contributed by atoms with E-state index in [2.05, 4.69) is 5.32 Å². The van der Waals surface area contributed by atoms with Crippen LogP contribution in [0.5, 0.6) is 0 Å². The first-order chi connectivity index (χ1) is 7.09. The maximum absolute atomic E-state index is 10.3. The van der Waals surface area contributed by atoms with E-state index in [-0.39, 0.29) is 12.5 Å². The van der Waals surface area contributed by atoms with Gasteiger partial charge in [0.1, 0.15) is 11.5 Å². The molecule has 0 saturated carbocycles. The van der Waals surface area contributed by atoms with E-state index in [1.165, 1.54) is 0 Å². The van der Waals surface area contributed by atoms with Crippen molar-refractivity contribution in [2.75, 3.05) is 6.54 Å². The van der Waals surface area contributed by atoms with Crippen LogP contribution in [0.2, 0.25) is 0 Å². The number of carbonyl (C=O) groups is 1. The van der Waals surface area contributed by atoms with Gasteiger partial charge in [-0.25, -0.2) is 0 Å². The standard InChI is InChI=1S/C11H17NO3/c1-8-5-6-10(15-8)9(2)12-7-3-4-11(13)14/h5-6,9,12H,3-4,7H2,1-2H3,(H,13,14). The molecular weight excluding hydrogens is 194 g/mol. The predicted octanol–water partition coefficient (Wildman–Crippen LogP) is 2.10. The van der Waals surface area contributed by atoms with Crippen LogP contribution in [-0.4, -0.2) is 17.6 Å². The molecule has 84 valence electrons. The normalized spacial score (nSPS) is 12.7. The number of hydrogen-bond acceptors (Lipinski definition) is 3. The molecule has 0 saturated heterocycles. The number of furan rings is 1. The minimum absolute atomic E-state index is 0.132. The molecule has 1 aromatic rings. The summed E-state index contributed by atoms with van der Waals surface area (Å²) in [6.45, 7) is 4.59. The highest BCUT2D eigenvalue weighted by Gasteiger charge is 2.08. The molecule has 1 heterocycles. The van der Waals surface area contributed by atoms with Gasteiger partial charge in [0.25, 0.3) is 0 Å². The summed E-state index contributed by atoms with van der Waals surface area (Å²) in [6.07, 6.45) is 0.844. The maximum Gasteiger partial charge on any atom is 0.303 e. The molecule has 4 nitrogen and oxygen atoms in total. The Hall–Kier alpha value is -1.29. The molecule has 0 aliphatic heterocycles. The van der Waals surface area contributed by atoms with Crippen molar-refractivity contribution in [2.45, 2.75) is 32.7 Å². The Morgan fingerprint density at radius 2 is 2.33 bits per heavy atom. The van der Waals surface area contributed by atoms with Crippen LogP contribution in [0.4, 0.5) is 0 Å². The molecule has 0 fully saturated rings.